The van der Waals surface area contributed by atoms with E-state index in [1.54, 1.807) is 23.9 Å². The molecule has 1 atom stereocenters. The molecule has 1 aromatic rings. The zero-order valence-corrected chi connectivity index (χ0v) is 13.5. The number of aromatic nitrogens is 1. The Bertz CT molecular complexity index is 497. The fourth-order valence-corrected chi connectivity index (χ4v) is 2.58. The largest absolute Gasteiger partial charge is 0.481 e. The van der Waals surface area contributed by atoms with E-state index in [1.165, 1.54) is 0 Å². The summed E-state index contributed by atoms with van der Waals surface area (Å²) < 4.78 is 1.68. The summed E-state index contributed by atoms with van der Waals surface area (Å²) in [6, 6.07) is 1.63. The van der Waals surface area contributed by atoms with Crippen LogP contribution < -0.4 is 5.32 Å². The second-order valence-corrected chi connectivity index (χ2v) is 6.07. The first-order chi connectivity index (χ1) is 9.81. The summed E-state index contributed by atoms with van der Waals surface area (Å²) in [6.45, 7) is 4.68. The fourth-order valence-electron chi connectivity index (χ4n) is 2.33. The Kier molecular flexibility index (Phi) is 6.75. The minimum Gasteiger partial charge on any atom is -0.481 e. The summed E-state index contributed by atoms with van der Waals surface area (Å²) in [4.78, 5) is 22.7. The third-order valence-corrected chi connectivity index (χ3v) is 3.88. The fraction of sp³-hybridized carbons (Fsp3) is 0.600. The van der Waals surface area contributed by atoms with Crippen molar-refractivity contribution in [1.29, 1.82) is 0 Å². The Morgan fingerprint density at radius 2 is 2.05 bits per heavy atom. The van der Waals surface area contributed by atoms with Gasteiger partial charge in [0.05, 0.1) is 5.02 Å². The molecule has 0 spiro atoms. The van der Waals surface area contributed by atoms with E-state index in [0.29, 0.717) is 35.5 Å². The smallest absolute Gasteiger partial charge is 0.303 e. The molecule has 0 saturated carbocycles. The zero-order chi connectivity index (χ0) is 16.0. The van der Waals surface area contributed by atoms with Crippen LogP contribution in [0.1, 0.15) is 43.6 Å². The van der Waals surface area contributed by atoms with Gasteiger partial charge >= 0.3 is 5.97 Å². The van der Waals surface area contributed by atoms with Crippen molar-refractivity contribution >= 4 is 23.5 Å². The lowest BCUT2D eigenvalue weighted by Gasteiger charge is -2.20. The Morgan fingerprint density at radius 3 is 2.52 bits per heavy atom. The van der Waals surface area contributed by atoms with Crippen LogP contribution in [-0.2, 0) is 11.8 Å². The molecule has 1 unspecified atom stereocenters. The van der Waals surface area contributed by atoms with E-state index in [4.69, 9.17) is 16.7 Å². The quantitative estimate of drug-likeness (QED) is 0.775. The molecule has 0 radical (unpaired) electrons. The van der Waals surface area contributed by atoms with Gasteiger partial charge in [-0.1, -0.05) is 25.4 Å². The van der Waals surface area contributed by atoms with E-state index in [2.05, 4.69) is 19.2 Å². The van der Waals surface area contributed by atoms with Gasteiger partial charge in [0.15, 0.2) is 0 Å². The van der Waals surface area contributed by atoms with Gasteiger partial charge in [-0.3, -0.25) is 9.59 Å². The highest BCUT2D eigenvalue weighted by Crippen LogP contribution is 2.20. The molecule has 0 aliphatic heterocycles. The summed E-state index contributed by atoms with van der Waals surface area (Å²) in [5.74, 6) is -0.252. The minimum absolute atomic E-state index is 0.162. The maximum atomic E-state index is 12.0. The van der Waals surface area contributed by atoms with Crippen LogP contribution >= 0.6 is 11.6 Å². The molecule has 1 rings (SSSR count). The van der Waals surface area contributed by atoms with Crippen molar-refractivity contribution in [2.75, 3.05) is 6.54 Å². The number of aryl methyl sites for hydroxylation is 1. The third-order valence-electron chi connectivity index (χ3n) is 3.68. The number of carboxylic acids is 1. The SMILES string of the molecule is CC(C)C(CCNC(=O)c1cc(Cl)cn1C)CCC(=O)O. The van der Waals surface area contributed by atoms with Crippen LogP contribution in [0.5, 0.6) is 0 Å². The third kappa shape index (κ3) is 5.79. The molecule has 2 N–H and O–H groups in total. The van der Waals surface area contributed by atoms with E-state index in [1.807, 2.05) is 0 Å². The van der Waals surface area contributed by atoms with E-state index in [9.17, 15) is 9.59 Å². The number of hydrogen-bond acceptors (Lipinski definition) is 2. The standard InChI is InChI=1S/C15H23ClN2O3/c1-10(2)11(4-5-14(19)20)6-7-17-15(21)13-8-12(16)9-18(13)3/h8-11H,4-7H2,1-3H3,(H,17,21)(H,19,20). The summed E-state index contributed by atoms with van der Waals surface area (Å²) in [5.41, 5.74) is 0.520. The predicted molar refractivity (Wildman–Crippen MR) is 82.6 cm³/mol. The highest BCUT2D eigenvalue weighted by Gasteiger charge is 2.16. The van der Waals surface area contributed by atoms with Crippen molar-refractivity contribution < 1.29 is 14.7 Å². The summed E-state index contributed by atoms with van der Waals surface area (Å²) in [5, 5.41) is 12.1. The molecule has 0 saturated heterocycles. The number of carbonyl (C=O) groups is 2. The lowest BCUT2D eigenvalue weighted by molar-refractivity contribution is -0.137. The van der Waals surface area contributed by atoms with Crippen LogP contribution in [0.2, 0.25) is 5.02 Å². The highest BCUT2D eigenvalue weighted by atomic mass is 35.5. The van der Waals surface area contributed by atoms with Gasteiger partial charge in [-0.15, -0.1) is 0 Å². The summed E-state index contributed by atoms with van der Waals surface area (Å²) in [7, 11) is 1.77. The molecule has 5 nitrogen and oxygen atoms in total. The van der Waals surface area contributed by atoms with Crippen LogP contribution in [0.15, 0.2) is 12.3 Å². The van der Waals surface area contributed by atoms with E-state index in [-0.39, 0.29) is 12.3 Å². The van der Waals surface area contributed by atoms with Crippen molar-refractivity contribution in [1.82, 2.24) is 9.88 Å². The minimum atomic E-state index is -0.775. The number of rotatable bonds is 8. The average molecular weight is 315 g/mol. The van der Waals surface area contributed by atoms with E-state index < -0.39 is 5.97 Å². The maximum absolute atomic E-state index is 12.0. The van der Waals surface area contributed by atoms with Crippen molar-refractivity contribution in [2.45, 2.75) is 33.1 Å². The molecular formula is C15H23ClN2O3. The molecule has 1 heterocycles. The van der Waals surface area contributed by atoms with Crippen LogP contribution in [0.25, 0.3) is 0 Å². The van der Waals surface area contributed by atoms with E-state index in [0.717, 1.165) is 6.42 Å². The highest BCUT2D eigenvalue weighted by molar-refractivity contribution is 6.31. The molecule has 118 valence electrons. The topological polar surface area (TPSA) is 71.3 Å². The van der Waals surface area contributed by atoms with Crippen molar-refractivity contribution in [3.05, 3.63) is 23.0 Å². The van der Waals surface area contributed by atoms with Crippen LogP contribution in [0, 0.1) is 11.8 Å². The molecule has 1 amide bonds. The van der Waals surface area contributed by atoms with Gasteiger partial charge in [-0.05, 0) is 30.7 Å². The van der Waals surface area contributed by atoms with Crippen molar-refractivity contribution in [3.8, 4) is 0 Å². The second-order valence-electron chi connectivity index (χ2n) is 5.64. The van der Waals surface area contributed by atoms with Gasteiger partial charge in [-0.2, -0.15) is 0 Å². The first kappa shape index (κ1) is 17.6. The molecule has 21 heavy (non-hydrogen) atoms. The van der Waals surface area contributed by atoms with Crippen LogP contribution in [0.4, 0.5) is 0 Å². The Morgan fingerprint density at radius 1 is 1.38 bits per heavy atom. The van der Waals surface area contributed by atoms with Gasteiger partial charge in [0.1, 0.15) is 5.69 Å². The lowest BCUT2D eigenvalue weighted by atomic mass is 9.88. The number of carboxylic acid groups (broad SMARTS) is 1. The molecular weight excluding hydrogens is 292 g/mol. The monoisotopic (exact) mass is 314 g/mol. The number of aliphatic carboxylic acids is 1. The number of nitrogens with zero attached hydrogens (tertiary/aromatic N) is 1. The molecule has 1 aromatic heterocycles. The van der Waals surface area contributed by atoms with Gasteiger partial charge in [0, 0.05) is 26.2 Å². The Balaban J connectivity index is 2.44. The summed E-state index contributed by atoms with van der Waals surface area (Å²) in [6.07, 6.45) is 3.26. The van der Waals surface area contributed by atoms with Crippen molar-refractivity contribution in [2.24, 2.45) is 18.9 Å². The normalized spacial score (nSPS) is 12.4. The average Bonchev–Trinajstić information content (AvgIpc) is 2.71. The first-order valence-corrected chi connectivity index (χ1v) is 7.51. The van der Waals surface area contributed by atoms with Crippen LogP contribution in [0.3, 0.4) is 0 Å². The Labute approximate surface area is 130 Å². The number of carbonyl (C=O) groups excluding carboxylic acids is 1. The van der Waals surface area contributed by atoms with Gasteiger partial charge in [-0.25, -0.2) is 0 Å². The van der Waals surface area contributed by atoms with Crippen LogP contribution in [-0.4, -0.2) is 28.1 Å². The van der Waals surface area contributed by atoms with Gasteiger partial charge < -0.3 is 15.0 Å². The number of amides is 1. The van der Waals surface area contributed by atoms with E-state index >= 15 is 0 Å². The first-order valence-electron chi connectivity index (χ1n) is 7.13. The number of nitrogens with one attached hydrogen (secondary N) is 1. The molecule has 0 aliphatic rings. The summed E-state index contributed by atoms with van der Waals surface area (Å²) >= 11 is 5.85. The molecule has 0 fully saturated rings. The molecule has 6 heteroatoms. The van der Waals surface area contributed by atoms with Gasteiger partial charge in [0.25, 0.3) is 5.91 Å². The molecule has 0 aliphatic carbocycles. The predicted octanol–water partition coefficient (Wildman–Crippen LogP) is 2.94. The molecule has 0 bridgehead atoms. The number of hydrogen-bond donors (Lipinski definition) is 2. The number of halogens is 1. The molecule has 0 aromatic carbocycles. The lowest BCUT2D eigenvalue weighted by Crippen LogP contribution is -2.28. The maximum Gasteiger partial charge on any atom is 0.303 e. The van der Waals surface area contributed by atoms with Crippen molar-refractivity contribution in [3.63, 3.8) is 0 Å². The second kappa shape index (κ2) is 8.08. The Hall–Kier alpha value is -1.49. The van der Waals surface area contributed by atoms with Gasteiger partial charge in [0.2, 0.25) is 0 Å². The zero-order valence-electron chi connectivity index (χ0n) is 12.7.